The summed E-state index contributed by atoms with van der Waals surface area (Å²) >= 11 is -2.66. The summed E-state index contributed by atoms with van der Waals surface area (Å²) in [7, 11) is 0. The van der Waals surface area contributed by atoms with E-state index in [4.69, 9.17) is 5.26 Å². The Morgan fingerprint density at radius 3 is 2.12 bits per heavy atom. The van der Waals surface area contributed by atoms with Crippen LogP contribution in [0, 0.1) is 18.4 Å². The third-order valence-electron chi connectivity index (χ3n) is 2.27. The predicted octanol–water partition coefficient (Wildman–Crippen LogP) is 2.75. The molecule has 0 aromatic heterocycles. The molecule has 0 fully saturated rings. The zero-order valence-electron chi connectivity index (χ0n) is 10.1. The molecule has 0 unspecified atom stereocenters. The van der Waals surface area contributed by atoms with Gasteiger partial charge in [-0.1, -0.05) is 0 Å². The Balaban J connectivity index is 3.02. The molecule has 0 saturated heterocycles. The summed E-state index contributed by atoms with van der Waals surface area (Å²) in [4.78, 5) is 18.2. The number of nitriles is 1. The molecular weight excluding hydrogens is 307 g/mol. The first-order valence-electron chi connectivity index (χ1n) is 5.17. The molecule has 1 rings (SSSR count). The van der Waals surface area contributed by atoms with E-state index in [0.29, 0.717) is 5.56 Å². The van der Waals surface area contributed by atoms with Crippen molar-refractivity contribution in [1.82, 2.24) is 3.12 Å². The summed E-state index contributed by atoms with van der Waals surface area (Å²) in [6.07, 6.45) is 2.03. The SMILES string of the molecule is Cc1ccc(C(=O)[N](C#N)[Sn]([CH3])([CH3])[CH3])cc1. The molecule has 4 heteroatoms. The topological polar surface area (TPSA) is 44.1 Å². The average Bonchev–Trinajstić information content (AvgIpc) is 2.17. The zero-order valence-corrected chi connectivity index (χ0v) is 13.0. The van der Waals surface area contributed by atoms with E-state index >= 15 is 0 Å². The second-order valence-electron chi connectivity index (χ2n) is 4.78. The molecule has 3 nitrogen and oxygen atoms in total. The van der Waals surface area contributed by atoms with Crippen LogP contribution in [0.5, 0.6) is 0 Å². The van der Waals surface area contributed by atoms with Gasteiger partial charge in [-0.25, -0.2) is 0 Å². The second kappa shape index (κ2) is 4.87. The van der Waals surface area contributed by atoms with Crippen molar-refractivity contribution in [3.05, 3.63) is 35.4 Å². The molecule has 1 amide bonds. The number of carbonyl (C=O) groups excluding carboxylic acids is 1. The summed E-state index contributed by atoms with van der Waals surface area (Å²) < 4.78 is 1.40. The van der Waals surface area contributed by atoms with E-state index in [-0.39, 0.29) is 5.91 Å². The normalized spacial score (nSPS) is 10.7. The molecular formula is C12H16N2OSn. The van der Waals surface area contributed by atoms with Crippen LogP contribution in [0.3, 0.4) is 0 Å². The maximum absolute atomic E-state index is 12.1. The Morgan fingerprint density at radius 2 is 1.75 bits per heavy atom. The molecule has 0 aliphatic carbocycles. The molecule has 0 saturated carbocycles. The van der Waals surface area contributed by atoms with Gasteiger partial charge in [-0.3, -0.25) is 0 Å². The van der Waals surface area contributed by atoms with Gasteiger partial charge in [0.05, 0.1) is 0 Å². The van der Waals surface area contributed by atoms with Crippen LogP contribution in [-0.4, -0.2) is 27.7 Å². The van der Waals surface area contributed by atoms with Crippen LogP contribution in [0.1, 0.15) is 15.9 Å². The van der Waals surface area contributed by atoms with Crippen LogP contribution in [0.25, 0.3) is 0 Å². The first-order chi connectivity index (χ1) is 7.36. The number of hydrogen-bond donors (Lipinski definition) is 0. The summed E-state index contributed by atoms with van der Waals surface area (Å²) in [6, 6.07) is 7.33. The van der Waals surface area contributed by atoms with Crippen molar-refractivity contribution in [1.29, 1.82) is 5.26 Å². The van der Waals surface area contributed by atoms with Crippen molar-refractivity contribution in [2.24, 2.45) is 0 Å². The van der Waals surface area contributed by atoms with Gasteiger partial charge in [-0.05, 0) is 0 Å². The third-order valence-corrected chi connectivity index (χ3v) is 6.97. The Hall–Kier alpha value is -1.02. The zero-order chi connectivity index (χ0) is 12.3. The van der Waals surface area contributed by atoms with Crippen molar-refractivity contribution < 1.29 is 4.79 Å². The molecule has 0 spiro atoms. The van der Waals surface area contributed by atoms with Crippen LogP contribution < -0.4 is 0 Å². The molecule has 0 radical (unpaired) electrons. The van der Waals surface area contributed by atoms with E-state index in [1.54, 1.807) is 12.1 Å². The molecule has 0 aliphatic rings. The van der Waals surface area contributed by atoms with Crippen LogP contribution in [0.4, 0.5) is 0 Å². The summed E-state index contributed by atoms with van der Waals surface area (Å²) in [5, 5.41) is 9.06. The van der Waals surface area contributed by atoms with E-state index in [9.17, 15) is 4.79 Å². The minimum absolute atomic E-state index is 0.161. The van der Waals surface area contributed by atoms with Gasteiger partial charge < -0.3 is 0 Å². The molecule has 16 heavy (non-hydrogen) atoms. The molecule has 84 valence electrons. The fourth-order valence-corrected chi connectivity index (χ4v) is 4.29. The maximum atomic E-state index is 12.1. The van der Waals surface area contributed by atoms with Gasteiger partial charge in [0.25, 0.3) is 0 Å². The quantitative estimate of drug-likeness (QED) is 0.477. The summed E-state index contributed by atoms with van der Waals surface area (Å²) in [6.45, 7) is 1.97. The van der Waals surface area contributed by atoms with Gasteiger partial charge in [0.1, 0.15) is 0 Å². The van der Waals surface area contributed by atoms with Gasteiger partial charge in [0.15, 0.2) is 0 Å². The number of hydrogen-bond acceptors (Lipinski definition) is 2. The van der Waals surface area contributed by atoms with Crippen LogP contribution >= 0.6 is 0 Å². The Labute approximate surface area is 101 Å². The van der Waals surface area contributed by atoms with E-state index < -0.39 is 18.7 Å². The van der Waals surface area contributed by atoms with Gasteiger partial charge in [0, 0.05) is 0 Å². The molecule has 0 atom stereocenters. The van der Waals surface area contributed by atoms with Crippen LogP contribution in [0.2, 0.25) is 14.8 Å². The Kier molecular flexibility index (Phi) is 3.97. The monoisotopic (exact) mass is 324 g/mol. The molecule has 0 bridgehead atoms. The van der Waals surface area contributed by atoms with E-state index in [2.05, 4.69) is 0 Å². The first-order valence-corrected chi connectivity index (χ1v) is 15.0. The van der Waals surface area contributed by atoms with Crippen molar-refractivity contribution in [2.75, 3.05) is 0 Å². The minimum atomic E-state index is -2.66. The molecule has 1 aromatic carbocycles. The number of nitrogens with zero attached hydrogens (tertiary/aromatic N) is 2. The van der Waals surface area contributed by atoms with E-state index in [1.165, 1.54) is 3.12 Å². The third kappa shape index (κ3) is 2.98. The summed E-state index contributed by atoms with van der Waals surface area (Å²) in [5.74, 6) is -0.161. The number of rotatable bonds is 2. The number of amides is 1. The molecule has 0 N–H and O–H groups in total. The second-order valence-corrected chi connectivity index (χ2v) is 18.4. The van der Waals surface area contributed by atoms with E-state index in [1.807, 2.05) is 40.1 Å². The predicted molar refractivity (Wildman–Crippen MR) is 66.3 cm³/mol. The van der Waals surface area contributed by atoms with E-state index in [0.717, 1.165) is 5.56 Å². The Morgan fingerprint density at radius 1 is 1.25 bits per heavy atom. The fraction of sp³-hybridized carbons (Fsp3) is 0.333. The van der Waals surface area contributed by atoms with Gasteiger partial charge in [-0.15, -0.1) is 0 Å². The molecule has 0 aliphatic heterocycles. The summed E-state index contributed by atoms with van der Waals surface area (Å²) in [5.41, 5.74) is 1.71. The number of carbonyl (C=O) groups is 1. The van der Waals surface area contributed by atoms with Crippen molar-refractivity contribution in [3.63, 3.8) is 0 Å². The average molecular weight is 323 g/mol. The standard InChI is InChI=1S/C9H8N2O.3CH3.Sn/c1-7-2-4-8(5-3-7)9(12)11-6-10;;;;/h2-5H,1H3,(H,11,12);3*1H3;/q;;;;+1/p-1. The number of aryl methyl sites for hydroxylation is 1. The Bertz CT molecular complexity index is 426. The molecule has 1 aromatic rings. The van der Waals surface area contributed by atoms with Crippen molar-refractivity contribution >= 4 is 24.6 Å². The van der Waals surface area contributed by atoms with Crippen LogP contribution in [-0.2, 0) is 0 Å². The fourth-order valence-electron chi connectivity index (χ4n) is 1.33. The van der Waals surface area contributed by atoms with Crippen molar-refractivity contribution in [2.45, 2.75) is 21.7 Å². The molecule has 0 heterocycles. The van der Waals surface area contributed by atoms with Crippen LogP contribution in [0.15, 0.2) is 24.3 Å². The first kappa shape index (κ1) is 13.0. The number of benzene rings is 1. The van der Waals surface area contributed by atoms with Gasteiger partial charge in [0.2, 0.25) is 0 Å². The van der Waals surface area contributed by atoms with Gasteiger partial charge >= 0.3 is 101 Å². The van der Waals surface area contributed by atoms with Gasteiger partial charge in [-0.2, -0.15) is 0 Å². The van der Waals surface area contributed by atoms with Crippen molar-refractivity contribution in [3.8, 4) is 6.19 Å².